The van der Waals surface area contributed by atoms with Crippen LogP contribution in [0, 0.1) is 0 Å². The molecule has 1 aromatic carbocycles. The maximum Gasteiger partial charge on any atom is 0.416 e. The van der Waals surface area contributed by atoms with Crippen LogP contribution in [0.4, 0.5) is 13.2 Å². The number of methoxy groups -OCH3 is 1. The number of imidazole rings is 1. The van der Waals surface area contributed by atoms with E-state index in [4.69, 9.17) is 4.74 Å². The molecule has 31 heavy (non-hydrogen) atoms. The van der Waals surface area contributed by atoms with E-state index in [0.717, 1.165) is 17.0 Å². The van der Waals surface area contributed by atoms with Crippen LogP contribution < -0.4 is 0 Å². The van der Waals surface area contributed by atoms with Gasteiger partial charge in [-0.2, -0.15) is 13.2 Å². The maximum atomic E-state index is 13.1. The molecule has 1 fully saturated rings. The number of carbonyl (C=O) groups excluding carboxylic acids is 1. The van der Waals surface area contributed by atoms with Gasteiger partial charge < -0.3 is 14.2 Å². The van der Waals surface area contributed by atoms with Gasteiger partial charge in [0.05, 0.1) is 16.6 Å². The second-order valence-corrected chi connectivity index (χ2v) is 8.42. The molecule has 0 spiro atoms. The summed E-state index contributed by atoms with van der Waals surface area (Å²) in [5.74, 6) is 0.563. The topological polar surface area (TPSA) is 47.4 Å². The van der Waals surface area contributed by atoms with Crippen molar-refractivity contribution in [3.63, 3.8) is 0 Å². The first-order valence-corrected chi connectivity index (χ1v) is 10.8. The van der Waals surface area contributed by atoms with E-state index in [1.54, 1.807) is 22.3 Å². The summed E-state index contributed by atoms with van der Waals surface area (Å²) < 4.78 is 46.5. The molecule has 4 rings (SSSR count). The molecule has 0 bridgehead atoms. The Labute approximate surface area is 181 Å². The van der Waals surface area contributed by atoms with Gasteiger partial charge in [0.25, 0.3) is 0 Å². The van der Waals surface area contributed by atoms with Crippen molar-refractivity contribution < 1.29 is 22.7 Å². The highest BCUT2D eigenvalue weighted by Crippen LogP contribution is 2.34. The third-order valence-corrected chi connectivity index (χ3v) is 6.28. The predicted molar refractivity (Wildman–Crippen MR) is 114 cm³/mol. The number of hydrogen-bond acceptors (Lipinski definition) is 4. The quantitative estimate of drug-likeness (QED) is 0.507. The Morgan fingerprint density at radius 3 is 2.71 bits per heavy atom. The Morgan fingerprint density at radius 2 is 2.06 bits per heavy atom. The summed E-state index contributed by atoms with van der Waals surface area (Å²) in [7, 11) is 1.53. The standard InChI is InChI=1S/C22H22F3N3O2S/c1-30-14-20-26-18-13-15(22(23,24)25)4-6-19(18)28(20)16-8-10-27(11-9-16)21(29)7-5-17-3-2-12-31-17/h2-7,12-13,16H,8-11,14H2,1H3/b7-5+. The lowest BCUT2D eigenvalue weighted by molar-refractivity contribution is -0.137. The molecule has 1 aliphatic rings. The van der Waals surface area contributed by atoms with Crippen LogP contribution in [0.5, 0.6) is 0 Å². The van der Waals surface area contributed by atoms with Crippen LogP contribution in [0.3, 0.4) is 0 Å². The van der Waals surface area contributed by atoms with Crippen molar-refractivity contribution in [1.82, 2.24) is 14.5 Å². The third-order valence-electron chi connectivity index (χ3n) is 5.44. The molecule has 0 saturated carbocycles. The number of thiophene rings is 1. The van der Waals surface area contributed by atoms with Crippen molar-refractivity contribution in [3.05, 3.63) is 58.1 Å². The number of fused-ring (bicyclic) bond motifs is 1. The minimum atomic E-state index is -4.41. The van der Waals surface area contributed by atoms with Crippen LogP contribution in [0.25, 0.3) is 17.1 Å². The zero-order valence-corrected chi connectivity index (χ0v) is 17.7. The van der Waals surface area contributed by atoms with Crippen LogP contribution in [-0.2, 0) is 22.3 Å². The number of nitrogens with zero attached hydrogens (tertiary/aromatic N) is 3. The van der Waals surface area contributed by atoms with Crippen LogP contribution in [-0.4, -0.2) is 40.6 Å². The molecular formula is C22H22F3N3O2S. The SMILES string of the molecule is COCc1nc2cc(C(F)(F)F)ccc2n1C1CCN(C(=O)/C=C/c2cccs2)CC1. The summed E-state index contributed by atoms with van der Waals surface area (Å²) in [5, 5.41) is 1.96. The number of likely N-dealkylation sites (tertiary alicyclic amines) is 1. The van der Waals surface area contributed by atoms with E-state index in [1.165, 1.54) is 13.2 Å². The molecule has 0 unspecified atom stereocenters. The van der Waals surface area contributed by atoms with Gasteiger partial charge in [-0.05, 0) is 48.6 Å². The zero-order chi connectivity index (χ0) is 22.0. The maximum absolute atomic E-state index is 13.1. The lowest BCUT2D eigenvalue weighted by atomic mass is 10.0. The Kier molecular flexibility index (Phi) is 6.15. The van der Waals surface area contributed by atoms with E-state index >= 15 is 0 Å². The number of amides is 1. The Morgan fingerprint density at radius 1 is 1.29 bits per heavy atom. The van der Waals surface area contributed by atoms with E-state index in [-0.39, 0.29) is 18.6 Å². The molecule has 2 aromatic heterocycles. The number of aromatic nitrogens is 2. The van der Waals surface area contributed by atoms with Crippen molar-refractivity contribution >= 4 is 34.4 Å². The number of ether oxygens (including phenoxy) is 1. The van der Waals surface area contributed by atoms with Crippen LogP contribution >= 0.6 is 11.3 Å². The van der Waals surface area contributed by atoms with E-state index < -0.39 is 11.7 Å². The number of benzene rings is 1. The summed E-state index contributed by atoms with van der Waals surface area (Å²) >= 11 is 1.57. The summed E-state index contributed by atoms with van der Waals surface area (Å²) in [6.45, 7) is 1.36. The van der Waals surface area contributed by atoms with Crippen molar-refractivity contribution in [2.24, 2.45) is 0 Å². The molecule has 3 aromatic rings. The van der Waals surface area contributed by atoms with E-state index in [9.17, 15) is 18.0 Å². The van der Waals surface area contributed by atoms with E-state index in [1.807, 2.05) is 28.2 Å². The van der Waals surface area contributed by atoms with Crippen molar-refractivity contribution in [3.8, 4) is 0 Å². The van der Waals surface area contributed by atoms with Gasteiger partial charge in [-0.25, -0.2) is 4.98 Å². The molecule has 3 heterocycles. The van der Waals surface area contributed by atoms with Gasteiger partial charge in [0, 0.05) is 37.2 Å². The van der Waals surface area contributed by atoms with E-state index in [2.05, 4.69) is 4.98 Å². The molecular weight excluding hydrogens is 427 g/mol. The molecule has 0 N–H and O–H groups in total. The van der Waals surface area contributed by atoms with Crippen LogP contribution in [0.1, 0.15) is 35.1 Å². The number of alkyl halides is 3. The lowest BCUT2D eigenvalue weighted by Gasteiger charge is -2.33. The molecule has 164 valence electrons. The second kappa shape index (κ2) is 8.84. The highest BCUT2D eigenvalue weighted by Gasteiger charge is 2.32. The molecule has 9 heteroatoms. The smallest absolute Gasteiger partial charge is 0.377 e. The zero-order valence-electron chi connectivity index (χ0n) is 16.9. The highest BCUT2D eigenvalue weighted by molar-refractivity contribution is 7.10. The first-order valence-electron chi connectivity index (χ1n) is 9.94. The number of piperidine rings is 1. The van der Waals surface area contributed by atoms with Gasteiger partial charge in [0.15, 0.2) is 0 Å². The van der Waals surface area contributed by atoms with Crippen LogP contribution in [0.15, 0.2) is 41.8 Å². The molecule has 0 aliphatic carbocycles. The molecule has 1 aliphatic heterocycles. The minimum Gasteiger partial charge on any atom is -0.377 e. The number of rotatable bonds is 5. The average Bonchev–Trinajstić information content (AvgIpc) is 3.39. The normalized spacial score (nSPS) is 15.9. The molecule has 1 amide bonds. The molecule has 5 nitrogen and oxygen atoms in total. The minimum absolute atomic E-state index is 0.0331. The van der Waals surface area contributed by atoms with Crippen molar-refractivity contribution in [2.45, 2.75) is 31.7 Å². The van der Waals surface area contributed by atoms with Gasteiger partial charge >= 0.3 is 6.18 Å². The first kappa shape index (κ1) is 21.6. The second-order valence-electron chi connectivity index (χ2n) is 7.44. The van der Waals surface area contributed by atoms with Gasteiger partial charge in [0.2, 0.25) is 5.91 Å². The summed E-state index contributed by atoms with van der Waals surface area (Å²) in [6.07, 6.45) is 0.385. The fourth-order valence-corrected chi connectivity index (χ4v) is 4.57. The third kappa shape index (κ3) is 4.67. The largest absolute Gasteiger partial charge is 0.416 e. The summed E-state index contributed by atoms with van der Waals surface area (Å²) in [6, 6.07) is 7.57. The number of halogens is 3. The average molecular weight is 449 g/mol. The Hall–Kier alpha value is -2.65. The Balaban J connectivity index is 1.52. The van der Waals surface area contributed by atoms with Gasteiger partial charge in [-0.3, -0.25) is 4.79 Å². The fraction of sp³-hybridized carbons (Fsp3) is 0.364. The number of carbonyl (C=O) groups is 1. The van der Waals surface area contributed by atoms with Gasteiger partial charge in [-0.15, -0.1) is 11.3 Å². The van der Waals surface area contributed by atoms with E-state index in [0.29, 0.717) is 42.8 Å². The first-order chi connectivity index (χ1) is 14.9. The predicted octanol–water partition coefficient (Wildman–Crippen LogP) is 5.14. The molecule has 1 saturated heterocycles. The summed E-state index contributed by atoms with van der Waals surface area (Å²) in [5.41, 5.74) is 0.244. The molecule has 0 atom stereocenters. The fourth-order valence-electron chi connectivity index (χ4n) is 3.95. The van der Waals surface area contributed by atoms with Gasteiger partial charge in [0.1, 0.15) is 12.4 Å². The summed E-state index contributed by atoms with van der Waals surface area (Å²) in [4.78, 5) is 19.7. The van der Waals surface area contributed by atoms with Crippen LogP contribution in [0.2, 0.25) is 0 Å². The lowest BCUT2D eigenvalue weighted by Crippen LogP contribution is -2.38. The van der Waals surface area contributed by atoms with Crippen molar-refractivity contribution in [2.75, 3.05) is 20.2 Å². The monoisotopic (exact) mass is 449 g/mol. The Bertz CT molecular complexity index is 1080. The molecule has 0 radical (unpaired) electrons. The highest BCUT2D eigenvalue weighted by atomic mass is 32.1. The van der Waals surface area contributed by atoms with Crippen molar-refractivity contribution in [1.29, 1.82) is 0 Å². The van der Waals surface area contributed by atoms with Gasteiger partial charge in [-0.1, -0.05) is 6.07 Å². The number of hydrogen-bond donors (Lipinski definition) is 0.